The SMILES string of the molecule is CCS(=O)(=O)Nc1ccc(C2=NN(S(C)(=O)=O)C(c3ccccc3)C2)cc1. The van der Waals surface area contributed by atoms with Gasteiger partial charge in [0, 0.05) is 12.1 Å². The van der Waals surface area contributed by atoms with Gasteiger partial charge in [-0.15, -0.1) is 0 Å². The number of hydrazone groups is 1. The van der Waals surface area contributed by atoms with Crippen LogP contribution in [0.25, 0.3) is 0 Å². The molecule has 0 aromatic heterocycles. The minimum Gasteiger partial charge on any atom is -0.284 e. The predicted octanol–water partition coefficient (Wildman–Crippen LogP) is 2.56. The summed E-state index contributed by atoms with van der Waals surface area (Å²) < 4.78 is 51.3. The van der Waals surface area contributed by atoms with Gasteiger partial charge in [-0.05, 0) is 30.2 Å². The number of sulfonamides is 2. The van der Waals surface area contributed by atoms with Crippen LogP contribution < -0.4 is 4.72 Å². The molecule has 0 radical (unpaired) electrons. The van der Waals surface area contributed by atoms with Crippen molar-refractivity contribution >= 4 is 31.4 Å². The Bertz CT molecular complexity index is 1050. The zero-order valence-corrected chi connectivity index (χ0v) is 16.7. The molecule has 2 aromatic carbocycles. The molecule has 3 rings (SSSR count). The second-order valence-corrected chi connectivity index (χ2v) is 10.1. The lowest BCUT2D eigenvalue weighted by Gasteiger charge is -2.21. The number of nitrogens with one attached hydrogen (secondary N) is 1. The molecular formula is C18H21N3O4S2. The summed E-state index contributed by atoms with van der Waals surface area (Å²) in [5.74, 6) is -0.0104. The summed E-state index contributed by atoms with van der Waals surface area (Å²) in [5, 5.41) is 4.33. The van der Waals surface area contributed by atoms with Crippen molar-refractivity contribution in [3.63, 3.8) is 0 Å². The topological polar surface area (TPSA) is 95.9 Å². The highest BCUT2D eigenvalue weighted by Crippen LogP contribution is 2.34. The van der Waals surface area contributed by atoms with Crippen LogP contribution in [-0.2, 0) is 20.0 Å². The molecular weight excluding hydrogens is 386 g/mol. The molecule has 0 amide bonds. The fraction of sp³-hybridized carbons (Fsp3) is 0.278. The van der Waals surface area contributed by atoms with Crippen LogP contribution in [0.2, 0.25) is 0 Å². The third-order valence-corrected chi connectivity index (χ3v) is 6.59. The van der Waals surface area contributed by atoms with Crippen molar-refractivity contribution in [3.8, 4) is 0 Å². The summed E-state index contributed by atoms with van der Waals surface area (Å²) in [5.41, 5.74) is 2.72. The normalized spacial score (nSPS) is 17.6. The highest BCUT2D eigenvalue weighted by molar-refractivity contribution is 7.92. The maximum absolute atomic E-state index is 12.2. The first kappa shape index (κ1) is 19.4. The Balaban J connectivity index is 1.88. The lowest BCUT2D eigenvalue weighted by atomic mass is 9.99. The van der Waals surface area contributed by atoms with Gasteiger partial charge in [-0.1, -0.05) is 42.5 Å². The Labute approximate surface area is 159 Å². The van der Waals surface area contributed by atoms with Crippen molar-refractivity contribution in [1.82, 2.24) is 4.41 Å². The molecule has 0 fully saturated rings. The fourth-order valence-corrected chi connectivity index (χ4v) is 4.42. The number of anilines is 1. The van der Waals surface area contributed by atoms with Crippen LogP contribution in [-0.4, -0.2) is 39.0 Å². The molecule has 0 saturated carbocycles. The summed E-state index contributed by atoms with van der Waals surface area (Å²) in [7, 11) is -6.87. The second-order valence-electron chi connectivity index (χ2n) is 6.30. The van der Waals surface area contributed by atoms with Gasteiger partial charge in [0.15, 0.2) is 0 Å². The Morgan fingerprint density at radius 3 is 2.22 bits per heavy atom. The largest absolute Gasteiger partial charge is 0.284 e. The van der Waals surface area contributed by atoms with Crippen LogP contribution in [0.4, 0.5) is 5.69 Å². The Morgan fingerprint density at radius 2 is 1.67 bits per heavy atom. The lowest BCUT2D eigenvalue weighted by molar-refractivity contribution is 0.375. The van der Waals surface area contributed by atoms with Gasteiger partial charge in [-0.3, -0.25) is 4.72 Å². The van der Waals surface area contributed by atoms with E-state index in [2.05, 4.69) is 9.82 Å². The first-order valence-electron chi connectivity index (χ1n) is 8.42. The first-order valence-corrected chi connectivity index (χ1v) is 11.9. The van der Waals surface area contributed by atoms with Crippen molar-refractivity contribution < 1.29 is 16.8 Å². The van der Waals surface area contributed by atoms with Crippen LogP contribution in [0.5, 0.6) is 0 Å². The lowest BCUT2D eigenvalue weighted by Crippen LogP contribution is -2.25. The summed E-state index contributed by atoms with van der Waals surface area (Å²) in [4.78, 5) is 0. The van der Waals surface area contributed by atoms with E-state index in [1.54, 1.807) is 31.2 Å². The van der Waals surface area contributed by atoms with Crippen LogP contribution >= 0.6 is 0 Å². The third-order valence-electron chi connectivity index (χ3n) is 4.27. The number of hydrogen-bond acceptors (Lipinski definition) is 5. The van der Waals surface area contributed by atoms with Gasteiger partial charge < -0.3 is 0 Å². The number of rotatable bonds is 6. The average Bonchev–Trinajstić information content (AvgIpc) is 3.09. The quantitative estimate of drug-likeness (QED) is 0.796. The molecule has 1 unspecified atom stereocenters. The van der Waals surface area contributed by atoms with E-state index in [0.717, 1.165) is 21.8 Å². The van der Waals surface area contributed by atoms with Gasteiger partial charge in [-0.25, -0.2) is 16.8 Å². The highest BCUT2D eigenvalue weighted by Gasteiger charge is 2.34. The van der Waals surface area contributed by atoms with Crippen molar-refractivity contribution in [3.05, 3.63) is 65.7 Å². The molecule has 0 saturated heterocycles. The molecule has 1 aliphatic heterocycles. The first-order chi connectivity index (χ1) is 12.7. The van der Waals surface area contributed by atoms with Gasteiger partial charge in [0.25, 0.3) is 0 Å². The van der Waals surface area contributed by atoms with E-state index < -0.39 is 26.1 Å². The van der Waals surface area contributed by atoms with E-state index in [4.69, 9.17) is 0 Å². The number of hydrogen-bond donors (Lipinski definition) is 1. The summed E-state index contributed by atoms with van der Waals surface area (Å²) in [6.07, 6.45) is 1.58. The molecule has 0 bridgehead atoms. The van der Waals surface area contributed by atoms with Crippen LogP contribution in [0.1, 0.15) is 30.5 Å². The van der Waals surface area contributed by atoms with E-state index in [0.29, 0.717) is 17.8 Å². The van der Waals surface area contributed by atoms with Gasteiger partial charge in [0.1, 0.15) is 0 Å². The number of nitrogens with zero attached hydrogens (tertiary/aromatic N) is 2. The molecule has 0 aliphatic carbocycles. The van der Waals surface area contributed by atoms with Crippen LogP contribution in [0.3, 0.4) is 0 Å². The molecule has 1 heterocycles. The van der Waals surface area contributed by atoms with Crippen molar-refractivity contribution in [2.45, 2.75) is 19.4 Å². The van der Waals surface area contributed by atoms with E-state index in [1.165, 1.54) is 0 Å². The van der Waals surface area contributed by atoms with Gasteiger partial charge >= 0.3 is 0 Å². The van der Waals surface area contributed by atoms with E-state index in [9.17, 15) is 16.8 Å². The predicted molar refractivity (Wildman–Crippen MR) is 107 cm³/mol. The zero-order valence-electron chi connectivity index (χ0n) is 15.0. The van der Waals surface area contributed by atoms with Gasteiger partial charge in [-0.2, -0.15) is 9.52 Å². The third kappa shape index (κ3) is 4.48. The molecule has 144 valence electrons. The monoisotopic (exact) mass is 407 g/mol. The van der Waals surface area contributed by atoms with Crippen LogP contribution in [0, 0.1) is 0 Å². The van der Waals surface area contributed by atoms with Crippen LogP contribution in [0.15, 0.2) is 59.7 Å². The second kappa shape index (κ2) is 7.32. The molecule has 27 heavy (non-hydrogen) atoms. The number of benzene rings is 2. The summed E-state index contributed by atoms with van der Waals surface area (Å²) in [6.45, 7) is 1.56. The average molecular weight is 408 g/mol. The van der Waals surface area contributed by atoms with Crippen molar-refractivity contribution in [1.29, 1.82) is 0 Å². The standard InChI is InChI=1S/C18H21N3O4S2/c1-3-27(24,25)20-16-11-9-14(10-12-16)17-13-18(15-7-5-4-6-8-15)21(19-17)26(2,22)23/h4-12,18,20H,3,13H2,1-2H3. The maximum atomic E-state index is 12.2. The Kier molecular flexibility index (Phi) is 5.25. The van der Waals surface area contributed by atoms with E-state index in [1.807, 2.05) is 30.3 Å². The minimum atomic E-state index is -3.52. The fourth-order valence-electron chi connectivity index (χ4n) is 2.87. The zero-order chi connectivity index (χ0) is 19.7. The van der Waals surface area contributed by atoms with Crippen molar-refractivity contribution in [2.75, 3.05) is 16.7 Å². The molecule has 1 aliphatic rings. The molecule has 2 aromatic rings. The highest BCUT2D eigenvalue weighted by atomic mass is 32.2. The summed E-state index contributed by atoms with van der Waals surface area (Å²) >= 11 is 0. The smallest absolute Gasteiger partial charge is 0.247 e. The maximum Gasteiger partial charge on any atom is 0.247 e. The van der Waals surface area contributed by atoms with E-state index in [-0.39, 0.29) is 5.75 Å². The summed E-state index contributed by atoms with van der Waals surface area (Å²) in [6, 6.07) is 15.7. The Hall–Kier alpha value is -2.39. The minimum absolute atomic E-state index is 0.0104. The molecule has 0 spiro atoms. The molecule has 1 N–H and O–H groups in total. The van der Waals surface area contributed by atoms with Crippen molar-refractivity contribution in [2.24, 2.45) is 5.10 Å². The molecule has 1 atom stereocenters. The van der Waals surface area contributed by atoms with Gasteiger partial charge in [0.05, 0.1) is 23.8 Å². The van der Waals surface area contributed by atoms with E-state index >= 15 is 0 Å². The Morgan fingerprint density at radius 1 is 1.04 bits per heavy atom. The van der Waals surface area contributed by atoms with Gasteiger partial charge in [0.2, 0.25) is 20.0 Å². The molecule has 7 nitrogen and oxygen atoms in total. The molecule has 9 heteroatoms.